The predicted molar refractivity (Wildman–Crippen MR) is 123 cm³/mol. The van der Waals surface area contributed by atoms with Gasteiger partial charge in [-0.3, -0.25) is 19.8 Å². The Labute approximate surface area is 190 Å². The molecule has 0 radical (unpaired) electrons. The molecule has 0 bridgehead atoms. The van der Waals surface area contributed by atoms with Crippen molar-refractivity contribution in [2.75, 3.05) is 4.90 Å². The van der Waals surface area contributed by atoms with Gasteiger partial charge in [0.1, 0.15) is 11.5 Å². The summed E-state index contributed by atoms with van der Waals surface area (Å²) < 4.78 is 6.14. The molecule has 1 amide bonds. The minimum atomic E-state index is -0.505. The van der Waals surface area contributed by atoms with Crippen molar-refractivity contribution in [3.05, 3.63) is 85.4 Å². The summed E-state index contributed by atoms with van der Waals surface area (Å²) in [6.45, 7) is 0. The van der Waals surface area contributed by atoms with Gasteiger partial charge in [-0.25, -0.2) is 0 Å². The van der Waals surface area contributed by atoms with E-state index in [0.717, 1.165) is 11.8 Å². The second-order valence-corrected chi connectivity index (χ2v) is 8.64. The molecular weight excluding hydrogens is 467 g/mol. The molecule has 0 atom stereocenters. The number of non-ortho nitro benzene ring substituents is 1. The number of carbonyl (C=O) groups excluding carboxylic acids is 1. The molecule has 2 heterocycles. The van der Waals surface area contributed by atoms with Gasteiger partial charge in [0.2, 0.25) is 0 Å². The second kappa shape index (κ2) is 8.23. The van der Waals surface area contributed by atoms with Gasteiger partial charge < -0.3 is 4.42 Å². The Bertz CT molecular complexity index is 1220. The Hall–Kier alpha value is -2.65. The normalized spacial score (nSPS) is 15.3. The third-order valence-corrected chi connectivity index (χ3v) is 6.07. The van der Waals surface area contributed by atoms with Gasteiger partial charge in [-0.1, -0.05) is 47.2 Å². The summed E-state index contributed by atoms with van der Waals surface area (Å²) in [5.41, 5.74) is 1.03. The van der Waals surface area contributed by atoms with Crippen LogP contribution in [0.15, 0.2) is 63.9 Å². The molecular formula is C20H10Cl2N2O4S2. The minimum absolute atomic E-state index is 0.0671. The number of amides is 1. The van der Waals surface area contributed by atoms with E-state index in [1.807, 2.05) is 0 Å². The maximum Gasteiger partial charge on any atom is 0.270 e. The van der Waals surface area contributed by atoms with Crippen LogP contribution in [0.4, 0.5) is 11.4 Å². The first-order valence-electron chi connectivity index (χ1n) is 8.41. The first-order chi connectivity index (χ1) is 14.3. The molecule has 0 saturated carbocycles. The fraction of sp³-hybridized carbons (Fsp3) is 0. The zero-order valence-corrected chi connectivity index (χ0v) is 18.0. The Morgan fingerprint density at radius 3 is 2.53 bits per heavy atom. The van der Waals surface area contributed by atoms with Gasteiger partial charge in [0.05, 0.1) is 20.5 Å². The van der Waals surface area contributed by atoms with Crippen molar-refractivity contribution in [2.45, 2.75) is 0 Å². The molecule has 0 N–H and O–H groups in total. The average molecular weight is 477 g/mol. The Morgan fingerprint density at radius 1 is 1.10 bits per heavy atom. The monoisotopic (exact) mass is 476 g/mol. The topological polar surface area (TPSA) is 76.6 Å². The van der Waals surface area contributed by atoms with Crippen LogP contribution in [0, 0.1) is 10.1 Å². The molecule has 1 aliphatic heterocycles. The summed E-state index contributed by atoms with van der Waals surface area (Å²) in [7, 11) is 0. The van der Waals surface area contributed by atoms with E-state index in [9.17, 15) is 14.9 Å². The number of halogens is 2. The molecule has 4 rings (SSSR count). The summed E-state index contributed by atoms with van der Waals surface area (Å²) in [6.07, 6.45) is 1.59. The van der Waals surface area contributed by atoms with Gasteiger partial charge in [0.15, 0.2) is 4.32 Å². The van der Waals surface area contributed by atoms with Crippen LogP contribution < -0.4 is 4.90 Å². The van der Waals surface area contributed by atoms with Gasteiger partial charge in [-0.05, 0) is 42.5 Å². The Balaban J connectivity index is 1.60. The summed E-state index contributed by atoms with van der Waals surface area (Å²) in [6, 6.07) is 14.1. The van der Waals surface area contributed by atoms with Crippen molar-refractivity contribution < 1.29 is 14.1 Å². The van der Waals surface area contributed by atoms with Crippen LogP contribution in [-0.2, 0) is 4.79 Å². The van der Waals surface area contributed by atoms with Crippen LogP contribution in [0.5, 0.6) is 0 Å². The van der Waals surface area contributed by atoms with Crippen molar-refractivity contribution in [3.63, 3.8) is 0 Å². The molecule has 1 aromatic heterocycles. The van der Waals surface area contributed by atoms with Gasteiger partial charge >= 0.3 is 0 Å². The number of thiocarbonyl (C=S) groups is 1. The van der Waals surface area contributed by atoms with E-state index in [1.54, 1.807) is 36.4 Å². The molecule has 30 heavy (non-hydrogen) atoms. The molecule has 1 fully saturated rings. The summed E-state index contributed by atoms with van der Waals surface area (Å²) in [4.78, 5) is 24.9. The average Bonchev–Trinajstić information content (AvgIpc) is 3.28. The number of carbonyl (C=O) groups is 1. The number of anilines is 1. The third kappa shape index (κ3) is 3.99. The third-order valence-electron chi connectivity index (χ3n) is 4.21. The molecule has 0 unspecified atom stereocenters. The van der Waals surface area contributed by atoms with Gasteiger partial charge in [0, 0.05) is 28.8 Å². The van der Waals surface area contributed by atoms with Gasteiger partial charge in [0.25, 0.3) is 11.6 Å². The number of nitro benzene ring substituents is 1. The maximum atomic E-state index is 12.9. The molecule has 10 heteroatoms. The van der Waals surface area contributed by atoms with Crippen LogP contribution in [0.1, 0.15) is 5.76 Å². The lowest BCUT2D eigenvalue weighted by molar-refractivity contribution is -0.384. The number of furan rings is 1. The van der Waals surface area contributed by atoms with Gasteiger partial charge in [-0.15, -0.1) is 0 Å². The van der Waals surface area contributed by atoms with E-state index in [1.165, 1.54) is 29.2 Å². The van der Waals surface area contributed by atoms with Gasteiger partial charge in [-0.2, -0.15) is 0 Å². The lowest BCUT2D eigenvalue weighted by atomic mass is 10.2. The molecule has 0 spiro atoms. The standard InChI is InChI=1S/C20H10Cl2N2O4S2/c21-11-1-7-16(22)15(9-11)17-8-6-14(28-17)10-18-19(25)23(20(29)30-18)12-2-4-13(5-3-12)24(26)27/h1-10H/b18-10-. The van der Waals surface area contributed by atoms with Crippen molar-refractivity contribution in [2.24, 2.45) is 0 Å². The number of rotatable bonds is 4. The van der Waals surface area contributed by atoms with E-state index in [4.69, 9.17) is 39.8 Å². The Morgan fingerprint density at radius 2 is 1.83 bits per heavy atom. The summed E-state index contributed by atoms with van der Waals surface area (Å²) >= 11 is 18.7. The summed E-state index contributed by atoms with van der Waals surface area (Å²) in [5, 5.41) is 11.8. The Kier molecular flexibility index (Phi) is 5.66. The van der Waals surface area contributed by atoms with Crippen LogP contribution in [0.2, 0.25) is 10.0 Å². The number of hydrogen-bond acceptors (Lipinski definition) is 6. The van der Waals surface area contributed by atoms with E-state index in [2.05, 4.69) is 0 Å². The van der Waals surface area contributed by atoms with Crippen molar-refractivity contribution in [1.82, 2.24) is 0 Å². The van der Waals surface area contributed by atoms with E-state index < -0.39 is 4.92 Å². The second-order valence-electron chi connectivity index (χ2n) is 6.12. The highest BCUT2D eigenvalue weighted by molar-refractivity contribution is 8.27. The van der Waals surface area contributed by atoms with Crippen molar-refractivity contribution >= 4 is 74.9 Å². The number of thioether (sulfide) groups is 1. The smallest absolute Gasteiger partial charge is 0.270 e. The highest BCUT2D eigenvalue weighted by Gasteiger charge is 2.33. The predicted octanol–water partition coefficient (Wildman–Crippen LogP) is 6.57. The molecule has 6 nitrogen and oxygen atoms in total. The largest absolute Gasteiger partial charge is 0.457 e. The van der Waals surface area contributed by atoms with Crippen LogP contribution in [0.3, 0.4) is 0 Å². The van der Waals surface area contributed by atoms with Crippen LogP contribution in [0.25, 0.3) is 17.4 Å². The van der Waals surface area contributed by atoms with E-state index >= 15 is 0 Å². The SMILES string of the molecule is O=C1/C(=C/c2ccc(-c3cc(Cl)ccc3Cl)o2)SC(=S)N1c1ccc([N+](=O)[O-])cc1. The zero-order chi connectivity index (χ0) is 21.4. The molecule has 1 saturated heterocycles. The van der Waals surface area contributed by atoms with E-state index in [-0.39, 0.29) is 11.6 Å². The fourth-order valence-electron chi connectivity index (χ4n) is 2.80. The number of hydrogen-bond donors (Lipinski definition) is 0. The number of nitro groups is 1. The lowest BCUT2D eigenvalue weighted by Crippen LogP contribution is -2.27. The number of benzene rings is 2. The zero-order valence-electron chi connectivity index (χ0n) is 14.9. The maximum absolute atomic E-state index is 12.9. The first-order valence-corrected chi connectivity index (χ1v) is 10.4. The van der Waals surface area contributed by atoms with Crippen LogP contribution in [-0.4, -0.2) is 15.2 Å². The van der Waals surface area contributed by atoms with Crippen molar-refractivity contribution in [1.29, 1.82) is 0 Å². The first kappa shape index (κ1) is 20.6. The van der Waals surface area contributed by atoms with Crippen LogP contribution >= 0.6 is 47.2 Å². The minimum Gasteiger partial charge on any atom is -0.457 e. The highest BCUT2D eigenvalue weighted by Crippen LogP contribution is 2.38. The highest BCUT2D eigenvalue weighted by atomic mass is 35.5. The quantitative estimate of drug-likeness (QED) is 0.183. The van der Waals surface area contributed by atoms with E-state index in [0.29, 0.717) is 42.0 Å². The molecule has 1 aliphatic rings. The number of nitrogens with zero attached hydrogens (tertiary/aromatic N) is 2. The molecule has 0 aliphatic carbocycles. The molecule has 3 aromatic rings. The van der Waals surface area contributed by atoms with Crippen molar-refractivity contribution in [3.8, 4) is 11.3 Å². The fourth-order valence-corrected chi connectivity index (χ4v) is 4.47. The molecule has 150 valence electrons. The summed E-state index contributed by atoms with van der Waals surface area (Å²) in [5.74, 6) is 0.627. The molecule has 2 aromatic carbocycles. The lowest BCUT2D eigenvalue weighted by Gasteiger charge is -2.13.